The van der Waals surface area contributed by atoms with Crippen LogP contribution in [0.25, 0.3) is 0 Å². The maximum atomic E-state index is 5.41. The molecule has 1 saturated carbocycles. The van der Waals surface area contributed by atoms with E-state index in [1.165, 1.54) is 19.3 Å². The summed E-state index contributed by atoms with van der Waals surface area (Å²) in [5.41, 5.74) is 1.00. The van der Waals surface area contributed by atoms with Crippen molar-refractivity contribution in [2.45, 2.75) is 44.4 Å². The first-order valence-corrected chi connectivity index (χ1v) is 5.91. The zero-order valence-electron chi connectivity index (χ0n) is 9.72. The van der Waals surface area contributed by atoms with Gasteiger partial charge in [-0.15, -0.1) is 0 Å². The third-order valence-electron chi connectivity index (χ3n) is 3.16. The second-order valence-corrected chi connectivity index (χ2v) is 4.32. The summed E-state index contributed by atoms with van der Waals surface area (Å²) in [6.45, 7) is 0.801. The standard InChI is InChI=1S/C12H19N3O/c1-16-12-6-2-4-10(8-12)13-9-11-5-3-7-14-15-11/h3,5,7,10,12-13H,2,4,6,8-9H2,1H3. The first kappa shape index (κ1) is 11.5. The molecule has 0 amide bonds. The molecule has 0 spiro atoms. The van der Waals surface area contributed by atoms with Crippen LogP contribution in [0.3, 0.4) is 0 Å². The normalized spacial score (nSPS) is 25.6. The predicted octanol–water partition coefficient (Wildman–Crippen LogP) is 1.52. The molecular weight excluding hydrogens is 202 g/mol. The Hall–Kier alpha value is -1.00. The molecule has 2 unspecified atom stereocenters. The van der Waals surface area contributed by atoms with Crippen molar-refractivity contribution in [1.29, 1.82) is 0 Å². The maximum absolute atomic E-state index is 5.41. The van der Waals surface area contributed by atoms with Gasteiger partial charge in [-0.3, -0.25) is 0 Å². The van der Waals surface area contributed by atoms with Gasteiger partial charge in [-0.2, -0.15) is 10.2 Å². The van der Waals surface area contributed by atoms with Crippen LogP contribution in [-0.4, -0.2) is 29.5 Å². The molecule has 1 aromatic heterocycles. The van der Waals surface area contributed by atoms with Gasteiger partial charge >= 0.3 is 0 Å². The summed E-state index contributed by atoms with van der Waals surface area (Å²) < 4.78 is 5.41. The molecule has 1 aliphatic rings. The van der Waals surface area contributed by atoms with Gasteiger partial charge in [0, 0.05) is 25.9 Å². The number of nitrogens with one attached hydrogen (secondary N) is 1. The summed E-state index contributed by atoms with van der Waals surface area (Å²) in [6.07, 6.45) is 6.91. The van der Waals surface area contributed by atoms with Gasteiger partial charge in [-0.25, -0.2) is 0 Å². The number of methoxy groups -OCH3 is 1. The Labute approximate surface area is 96.4 Å². The van der Waals surface area contributed by atoms with Gasteiger partial charge in [0.25, 0.3) is 0 Å². The van der Waals surface area contributed by atoms with E-state index in [2.05, 4.69) is 15.5 Å². The third-order valence-corrected chi connectivity index (χ3v) is 3.16. The Morgan fingerprint density at radius 1 is 1.50 bits per heavy atom. The topological polar surface area (TPSA) is 47.0 Å². The molecule has 1 aromatic rings. The third kappa shape index (κ3) is 3.25. The fraction of sp³-hybridized carbons (Fsp3) is 0.667. The fourth-order valence-corrected chi connectivity index (χ4v) is 2.22. The lowest BCUT2D eigenvalue weighted by atomic mass is 9.93. The van der Waals surface area contributed by atoms with Crippen molar-refractivity contribution in [2.75, 3.05) is 7.11 Å². The monoisotopic (exact) mass is 221 g/mol. The minimum absolute atomic E-state index is 0.424. The molecule has 0 radical (unpaired) electrons. The van der Waals surface area contributed by atoms with Crippen LogP contribution in [0, 0.1) is 0 Å². The van der Waals surface area contributed by atoms with Crippen molar-refractivity contribution < 1.29 is 4.74 Å². The lowest BCUT2D eigenvalue weighted by molar-refractivity contribution is 0.0585. The number of rotatable bonds is 4. The molecule has 1 fully saturated rings. The summed E-state index contributed by atoms with van der Waals surface area (Å²) in [6, 6.07) is 4.47. The zero-order valence-corrected chi connectivity index (χ0v) is 9.72. The largest absolute Gasteiger partial charge is 0.381 e. The smallest absolute Gasteiger partial charge is 0.0769 e. The maximum Gasteiger partial charge on any atom is 0.0769 e. The highest BCUT2D eigenvalue weighted by atomic mass is 16.5. The van der Waals surface area contributed by atoms with Gasteiger partial charge in [0.05, 0.1) is 11.8 Å². The van der Waals surface area contributed by atoms with Crippen molar-refractivity contribution in [3.8, 4) is 0 Å². The number of ether oxygens (including phenoxy) is 1. The van der Waals surface area contributed by atoms with Crippen LogP contribution in [0.4, 0.5) is 0 Å². The van der Waals surface area contributed by atoms with Crippen LogP contribution >= 0.6 is 0 Å². The van der Waals surface area contributed by atoms with E-state index in [0.717, 1.165) is 18.7 Å². The lowest BCUT2D eigenvalue weighted by Gasteiger charge is -2.28. The van der Waals surface area contributed by atoms with E-state index in [1.807, 2.05) is 12.1 Å². The molecule has 4 nitrogen and oxygen atoms in total. The molecule has 0 bridgehead atoms. The van der Waals surface area contributed by atoms with E-state index in [-0.39, 0.29) is 0 Å². The number of hydrogen-bond acceptors (Lipinski definition) is 4. The molecule has 0 aliphatic heterocycles. The van der Waals surface area contributed by atoms with Crippen molar-refractivity contribution in [3.63, 3.8) is 0 Å². The van der Waals surface area contributed by atoms with Crippen LogP contribution in [-0.2, 0) is 11.3 Å². The molecule has 0 saturated heterocycles. The Kier molecular flexibility index (Phi) is 4.25. The van der Waals surface area contributed by atoms with E-state index in [1.54, 1.807) is 13.3 Å². The van der Waals surface area contributed by atoms with Crippen molar-refractivity contribution in [1.82, 2.24) is 15.5 Å². The minimum Gasteiger partial charge on any atom is -0.381 e. The molecule has 16 heavy (non-hydrogen) atoms. The summed E-state index contributed by atoms with van der Waals surface area (Å²) in [5, 5.41) is 11.4. The molecule has 1 heterocycles. The van der Waals surface area contributed by atoms with Crippen LogP contribution in [0.5, 0.6) is 0 Å². The Morgan fingerprint density at radius 3 is 3.19 bits per heavy atom. The Balaban J connectivity index is 1.77. The summed E-state index contributed by atoms with van der Waals surface area (Å²) in [4.78, 5) is 0. The first-order chi connectivity index (χ1) is 7.88. The Morgan fingerprint density at radius 2 is 2.44 bits per heavy atom. The molecular formula is C12H19N3O. The van der Waals surface area contributed by atoms with Gasteiger partial charge < -0.3 is 10.1 Å². The second-order valence-electron chi connectivity index (χ2n) is 4.32. The van der Waals surface area contributed by atoms with E-state index < -0.39 is 0 Å². The lowest BCUT2D eigenvalue weighted by Crippen LogP contribution is -2.36. The van der Waals surface area contributed by atoms with Crippen molar-refractivity contribution >= 4 is 0 Å². The van der Waals surface area contributed by atoms with Crippen LogP contribution in [0.2, 0.25) is 0 Å². The molecule has 0 aromatic carbocycles. The molecule has 4 heteroatoms. The van der Waals surface area contributed by atoms with Gasteiger partial charge in [-0.05, 0) is 37.8 Å². The molecule has 88 valence electrons. The molecule has 2 rings (SSSR count). The summed E-state index contributed by atoms with van der Waals surface area (Å²) in [5.74, 6) is 0. The van der Waals surface area contributed by atoms with E-state index >= 15 is 0 Å². The fourth-order valence-electron chi connectivity index (χ4n) is 2.22. The highest BCUT2D eigenvalue weighted by molar-refractivity contribution is 4.98. The van der Waals surface area contributed by atoms with Gasteiger partial charge in [0.15, 0.2) is 0 Å². The van der Waals surface area contributed by atoms with Crippen molar-refractivity contribution in [3.05, 3.63) is 24.0 Å². The minimum atomic E-state index is 0.424. The van der Waals surface area contributed by atoms with Crippen LogP contribution < -0.4 is 5.32 Å². The van der Waals surface area contributed by atoms with Crippen LogP contribution in [0.15, 0.2) is 18.3 Å². The van der Waals surface area contributed by atoms with Gasteiger partial charge in [-0.1, -0.05) is 0 Å². The highest BCUT2D eigenvalue weighted by Crippen LogP contribution is 2.20. The molecule has 2 atom stereocenters. The SMILES string of the molecule is COC1CCCC(NCc2cccnn2)C1. The van der Waals surface area contributed by atoms with Crippen molar-refractivity contribution in [2.24, 2.45) is 0 Å². The van der Waals surface area contributed by atoms with Crippen LogP contribution in [0.1, 0.15) is 31.4 Å². The number of nitrogens with zero attached hydrogens (tertiary/aromatic N) is 2. The van der Waals surface area contributed by atoms with Gasteiger partial charge in [0.2, 0.25) is 0 Å². The second kappa shape index (κ2) is 5.92. The summed E-state index contributed by atoms with van der Waals surface area (Å²) >= 11 is 0. The van der Waals surface area contributed by atoms with E-state index in [0.29, 0.717) is 12.1 Å². The summed E-state index contributed by atoms with van der Waals surface area (Å²) in [7, 11) is 1.80. The predicted molar refractivity (Wildman–Crippen MR) is 61.9 cm³/mol. The van der Waals surface area contributed by atoms with E-state index in [9.17, 15) is 0 Å². The van der Waals surface area contributed by atoms with E-state index in [4.69, 9.17) is 4.74 Å². The average Bonchev–Trinajstić information content (AvgIpc) is 2.38. The highest BCUT2D eigenvalue weighted by Gasteiger charge is 2.20. The number of hydrogen-bond donors (Lipinski definition) is 1. The van der Waals surface area contributed by atoms with Gasteiger partial charge in [0.1, 0.15) is 0 Å². The zero-order chi connectivity index (χ0) is 11.2. The number of aromatic nitrogens is 2. The quantitative estimate of drug-likeness (QED) is 0.837. The molecule has 1 aliphatic carbocycles. The first-order valence-electron chi connectivity index (χ1n) is 5.91. The average molecular weight is 221 g/mol. The molecule has 1 N–H and O–H groups in total. The Bertz CT molecular complexity index is 304.